The van der Waals surface area contributed by atoms with Crippen LogP contribution in [0.1, 0.15) is 52.9 Å². The van der Waals surface area contributed by atoms with Gasteiger partial charge in [-0.3, -0.25) is 4.79 Å². The van der Waals surface area contributed by atoms with Gasteiger partial charge in [0, 0.05) is 6.42 Å². The highest BCUT2D eigenvalue weighted by Crippen LogP contribution is 2.55. The van der Waals surface area contributed by atoms with Crippen molar-refractivity contribution in [1.29, 1.82) is 0 Å². The predicted octanol–water partition coefficient (Wildman–Crippen LogP) is 3.16. The Morgan fingerprint density at radius 3 is 2.67 bits per heavy atom. The van der Waals surface area contributed by atoms with E-state index in [4.69, 9.17) is 4.74 Å². The second-order valence-electron chi connectivity index (χ2n) is 6.22. The summed E-state index contributed by atoms with van der Waals surface area (Å²) in [7, 11) is 0. The zero-order valence-electron chi connectivity index (χ0n) is 10.1. The largest absolute Gasteiger partial charge is 0.466 e. The lowest BCUT2D eigenvalue weighted by Gasteiger charge is -2.49. The van der Waals surface area contributed by atoms with Crippen LogP contribution >= 0.6 is 0 Å². The Labute approximate surface area is 92.4 Å². The molecule has 1 saturated heterocycles. The second-order valence-corrected chi connectivity index (χ2v) is 6.22. The maximum Gasteiger partial charge on any atom is 0.306 e. The van der Waals surface area contributed by atoms with Crippen molar-refractivity contribution in [3.63, 3.8) is 0 Å². The molecule has 2 fully saturated rings. The fraction of sp³-hybridized carbons (Fsp3) is 0.923. The molecule has 2 nitrogen and oxygen atoms in total. The van der Waals surface area contributed by atoms with Crippen LogP contribution < -0.4 is 0 Å². The van der Waals surface area contributed by atoms with Gasteiger partial charge in [0.1, 0.15) is 0 Å². The molecule has 0 N–H and O–H groups in total. The number of carbonyl (C=O) groups is 1. The van der Waals surface area contributed by atoms with Crippen molar-refractivity contribution >= 4 is 5.97 Å². The van der Waals surface area contributed by atoms with Gasteiger partial charge in [-0.15, -0.1) is 0 Å². The lowest BCUT2D eigenvalue weighted by Crippen LogP contribution is -2.42. The van der Waals surface area contributed by atoms with Crippen molar-refractivity contribution in [1.82, 2.24) is 0 Å². The van der Waals surface area contributed by atoms with Crippen LogP contribution in [0.4, 0.5) is 0 Å². The van der Waals surface area contributed by atoms with Crippen LogP contribution in [0.3, 0.4) is 0 Å². The van der Waals surface area contributed by atoms with Crippen LogP contribution in [-0.4, -0.2) is 12.6 Å². The number of cyclic esters (lactones) is 1. The molecule has 2 unspecified atom stereocenters. The van der Waals surface area contributed by atoms with Gasteiger partial charge in [0.25, 0.3) is 0 Å². The Kier molecular flexibility index (Phi) is 2.56. The summed E-state index contributed by atoms with van der Waals surface area (Å²) in [6.45, 7) is 7.60. The summed E-state index contributed by atoms with van der Waals surface area (Å²) in [5, 5.41) is 0. The molecule has 2 rings (SSSR count). The molecule has 15 heavy (non-hydrogen) atoms. The molecule has 86 valence electrons. The summed E-state index contributed by atoms with van der Waals surface area (Å²) < 4.78 is 5.21. The van der Waals surface area contributed by atoms with E-state index in [2.05, 4.69) is 20.8 Å². The topological polar surface area (TPSA) is 26.3 Å². The SMILES string of the molecule is CC1(C)CCCC2(C)CCOC(=O)CC12. The minimum absolute atomic E-state index is 0.0127. The van der Waals surface area contributed by atoms with E-state index in [-0.39, 0.29) is 5.97 Å². The standard InChI is InChI=1S/C13H22O2/c1-12(2)5-4-6-13(3)7-8-15-11(14)9-10(12)13/h10H,4-9H2,1-3H3. The third-order valence-electron chi connectivity index (χ3n) is 4.66. The third-order valence-corrected chi connectivity index (χ3v) is 4.66. The molecule has 1 saturated carbocycles. The van der Waals surface area contributed by atoms with Crippen molar-refractivity contribution in [3.8, 4) is 0 Å². The molecule has 0 aromatic carbocycles. The predicted molar refractivity (Wildman–Crippen MR) is 59.4 cm³/mol. The summed E-state index contributed by atoms with van der Waals surface area (Å²) >= 11 is 0. The molecule has 0 radical (unpaired) electrons. The molecule has 1 heterocycles. The fourth-order valence-corrected chi connectivity index (χ4v) is 3.69. The minimum atomic E-state index is 0.0127. The lowest BCUT2D eigenvalue weighted by molar-refractivity contribution is -0.144. The molecule has 1 aliphatic heterocycles. The van der Waals surface area contributed by atoms with Crippen LogP contribution in [0.15, 0.2) is 0 Å². The van der Waals surface area contributed by atoms with E-state index < -0.39 is 0 Å². The Balaban J connectivity index is 2.28. The average Bonchev–Trinajstić information content (AvgIpc) is 2.25. The van der Waals surface area contributed by atoms with Crippen LogP contribution in [0.5, 0.6) is 0 Å². The molecule has 0 amide bonds. The Hall–Kier alpha value is -0.530. The zero-order chi connectivity index (χ0) is 11.1. The maximum atomic E-state index is 11.5. The van der Waals surface area contributed by atoms with Gasteiger partial charge in [-0.1, -0.05) is 27.2 Å². The summed E-state index contributed by atoms with van der Waals surface area (Å²) in [4.78, 5) is 11.5. The molecule has 0 aromatic heterocycles. The number of rotatable bonds is 0. The first-order valence-electron chi connectivity index (χ1n) is 6.10. The first-order valence-corrected chi connectivity index (χ1v) is 6.10. The van der Waals surface area contributed by atoms with Crippen molar-refractivity contribution in [3.05, 3.63) is 0 Å². The molecule has 1 aliphatic carbocycles. The highest BCUT2D eigenvalue weighted by Gasteiger charge is 2.48. The van der Waals surface area contributed by atoms with E-state index in [9.17, 15) is 4.79 Å². The summed E-state index contributed by atoms with van der Waals surface area (Å²) in [6, 6.07) is 0. The average molecular weight is 210 g/mol. The van der Waals surface area contributed by atoms with Gasteiger partial charge in [0.15, 0.2) is 0 Å². The van der Waals surface area contributed by atoms with Crippen molar-refractivity contribution < 1.29 is 9.53 Å². The van der Waals surface area contributed by atoms with Gasteiger partial charge in [0.2, 0.25) is 0 Å². The van der Waals surface area contributed by atoms with Crippen molar-refractivity contribution in [2.24, 2.45) is 16.7 Å². The molecule has 2 atom stereocenters. The quantitative estimate of drug-likeness (QED) is 0.574. The zero-order valence-corrected chi connectivity index (χ0v) is 10.1. The third kappa shape index (κ3) is 1.91. The smallest absolute Gasteiger partial charge is 0.306 e. The Morgan fingerprint density at radius 2 is 1.93 bits per heavy atom. The Bertz CT molecular complexity index is 270. The van der Waals surface area contributed by atoms with E-state index in [0.717, 1.165) is 6.42 Å². The van der Waals surface area contributed by atoms with Gasteiger partial charge in [-0.2, -0.15) is 0 Å². The minimum Gasteiger partial charge on any atom is -0.466 e. The molecular formula is C13H22O2. The van der Waals surface area contributed by atoms with Crippen LogP contribution in [0.2, 0.25) is 0 Å². The van der Waals surface area contributed by atoms with Gasteiger partial charge in [0.05, 0.1) is 6.61 Å². The maximum absolute atomic E-state index is 11.5. The summed E-state index contributed by atoms with van der Waals surface area (Å²) in [6.07, 6.45) is 5.49. The van der Waals surface area contributed by atoms with E-state index in [1.54, 1.807) is 0 Å². The first kappa shape index (κ1) is 11.0. The van der Waals surface area contributed by atoms with E-state index >= 15 is 0 Å². The number of esters is 1. The van der Waals surface area contributed by atoms with Crippen molar-refractivity contribution in [2.75, 3.05) is 6.61 Å². The van der Waals surface area contributed by atoms with Crippen LogP contribution in [0.25, 0.3) is 0 Å². The van der Waals surface area contributed by atoms with Crippen LogP contribution in [0, 0.1) is 16.7 Å². The summed E-state index contributed by atoms with van der Waals surface area (Å²) in [5.74, 6) is 0.521. The van der Waals surface area contributed by atoms with Gasteiger partial charge >= 0.3 is 5.97 Å². The van der Waals surface area contributed by atoms with Crippen molar-refractivity contribution in [2.45, 2.75) is 52.9 Å². The molecule has 0 spiro atoms. The molecule has 0 bridgehead atoms. The van der Waals surface area contributed by atoms with E-state index in [0.29, 0.717) is 29.8 Å². The molecule has 2 heteroatoms. The van der Waals surface area contributed by atoms with E-state index in [1.165, 1.54) is 19.3 Å². The molecule has 0 aromatic rings. The second kappa shape index (κ2) is 3.50. The number of carbonyl (C=O) groups excluding carboxylic acids is 1. The highest BCUT2D eigenvalue weighted by molar-refractivity contribution is 5.70. The number of ether oxygens (including phenoxy) is 1. The summed E-state index contributed by atoms with van der Waals surface area (Å²) in [5.41, 5.74) is 0.629. The fourth-order valence-electron chi connectivity index (χ4n) is 3.69. The normalized spacial score (nSPS) is 40.2. The lowest BCUT2D eigenvalue weighted by atomic mass is 9.55. The molecular weight excluding hydrogens is 188 g/mol. The van der Waals surface area contributed by atoms with Crippen LogP contribution in [-0.2, 0) is 9.53 Å². The van der Waals surface area contributed by atoms with E-state index in [1.807, 2.05) is 0 Å². The highest BCUT2D eigenvalue weighted by atomic mass is 16.5. The Morgan fingerprint density at radius 1 is 1.20 bits per heavy atom. The van der Waals surface area contributed by atoms with Gasteiger partial charge in [-0.25, -0.2) is 0 Å². The number of hydrogen-bond acceptors (Lipinski definition) is 2. The van der Waals surface area contributed by atoms with Gasteiger partial charge < -0.3 is 4.74 Å². The molecule has 2 aliphatic rings. The first-order chi connectivity index (χ1) is 6.94. The monoisotopic (exact) mass is 210 g/mol. The number of fused-ring (bicyclic) bond motifs is 1. The van der Waals surface area contributed by atoms with Gasteiger partial charge in [-0.05, 0) is 36.0 Å². The number of hydrogen-bond donors (Lipinski definition) is 0.